The van der Waals surface area contributed by atoms with Crippen molar-refractivity contribution in [1.82, 2.24) is 14.8 Å². The zero-order valence-corrected chi connectivity index (χ0v) is 18.5. The first kappa shape index (κ1) is 20.5. The van der Waals surface area contributed by atoms with Crippen LogP contribution < -0.4 is 10.6 Å². The van der Waals surface area contributed by atoms with E-state index in [1.807, 2.05) is 42.5 Å². The van der Waals surface area contributed by atoms with Crippen molar-refractivity contribution >= 4 is 34.0 Å². The molecule has 6 heteroatoms. The van der Waals surface area contributed by atoms with Crippen LogP contribution in [0.3, 0.4) is 0 Å². The Labute approximate surface area is 187 Å². The predicted molar refractivity (Wildman–Crippen MR) is 127 cm³/mol. The first-order valence-electron chi connectivity index (χ1n) is 11.3. The summed E-state index contributed by atoms with van der Waals surface area (Å²) in [5.74, 6) is -0.150. The van der Waals surface area contributed by atoms with Gasteiger partial charge in [0.25, 0.3) is 11.8 Å². The molecule has 0 radical (unpaired) electrons. The van der Waals surface area contributed by atoms with E-state index in [9.17, 15) is 9.59 Å². The second kappa shape index (κ2) is 8.28. The highest BCUT2D eigenvalue weighted by Gasteiger charge is 2.36. The van der Waals surface area contributed by atoms with Crippen molar-refractivity contribution < 1.29 is 9.59 Å². The second-order valence-corrected chi connectivity index (χ2v) is 8.73. The smallest absolute Gasteiger partial charge is 0.275 e. The van der Waals surface area contributed by atoms with E-state index in [1.165, 1.54) is 0 Å². The number of fused-ring (bicyclic) bond motifs is 3. The van der Waals surface area contributed by atoms with Crippen molar-refractivity contribution in [3.8, 4) is 0 Å². The number of nitrogens with one attached hydrogen (secondary N) is 2. The van der Waals surface area contributed by atoms with Gasteiger partial charge < -0.3 is 14.8 Å². The first-order chi connectivity index (χ1) is 15.6. The number of aromatic nitrogens is 1. The number of carbonyl (C=O) groups excluding carboxylic acids is 2. The molecule has 6 nitrogen and oxygen atoms in total. The van der Waals surface area contributed by atoms with E-state index in [-0.39, 0.29) is 11.8 Å². The molecule has 0 unspecified atom stereocenters. The topological polar surface area (TPSA) is 66.4 Å². The molecule has 32 heavy (non-hydrogen) atoms. The summed E-state index contributed by atoms with van der Waals surface area (Å²) in [5.41, 5.74) is 4.73. The summed E-state index contributed by atoms with van der Waals surface area (Å²) < 4.78 is 2.37. The number of carbonyl (C=O) groups is 2. The third-order valence-corrected chi connectivity index (χ3v) is 6.64. The molecule has 2 N–H and O–H groups in total. The number of hydrogen-bond acceptors (Lipinski definition) is 4. The highest BCUT2D eigenvalue weighted by Crippen LogP contribution is 2.39. The maximum Gasteiger partial charge on any atom is 0.275 e. The number of amides is 2. The summed E-state index contributed by atoms with van der Waals surface area (Å²) >= 11 is 0. The molecule has 2 aromatic carbocycles. The number of benzene rings is 2. The van der Waals surface area contributed by atoms with Gasteiger partial charge in [-0.05, 0) is 50.6 Å². The van der Waals surface area contributed by atoms with Crippen LogP contribution in [-0.4, -0.2) is 41.4 Å². The van der Waals surface area contributed by atoms with Gasteiger partial charge in [0.1, 0.15) is 5.70 Å². The standard InChI is InChI=1S/C26H28N4O2/c1-3-29(2)15-17-13-14-21-22(19-11-7-8-12-20(19)30(21)16-17)23-24(26(32)28-25(23)31)27-18-9-5-4-6-10-18/h4-12,17H,3,13-16H2,1-2H3,(H2,27,28,31,32)/t17-/m0/s1. The van der Waals surface area contributed by atoms with Crippen molar-refractivity contribution in [2.75, 3.05) is 25.5 Å². The average molecular weight is 429 g/mol. The lowest BCUT2D eigenvalue weighted by Crippen LogP contribution is -2.31. The fourth-order valence-electron chi connectivity index (χ4n) is 4.99. The molecular weight excluding hydrogens is 400 g/mol. The van der Waals surface area contributed by atoms with Crippen LogP contribution in [-0.2, 0) is 22.6 Å². The highest BCUT2D eigenvalue weighted by molar-refractivity contribution is 6.38. The molecule has 0 fully saturated rings. The monoisotopic (exact) mass is 428 g/mol. The van der Waals surface area contributed by atoms with E-state index < -0.39 is 0 Å². The Hall–Kier alpha value is -3.38. The molecule has 0 saturated carbocycles. The van der Waals surface area contributed by atoms with Crippen LogP contribution in [0.2, 0.25) is 0 Å². The van der Waals surface area contributed by atoms with Gasteiger partial charge >= 0.3 is 0 Å². The molecular formula is C26H28N4O2. The zero-order chi connectivity index (χ0) is 22.2. The Morgan fingerprint density at radius 1 is 1.06 bits per heavy atom. The maximum atomic E-state index is 13.0. The number of imide groups is 1. The van der Waals surface area contributed by atoms with Crippen LogP contribution in [0.25, 0.3) is 16.5 Å². The minimum Gasteiger partial charge on any atom is -0.350 e. The van der Waals surface area contributed by atoms with Crippen molar-refractivity contribution in [2.45, 2.75) is 26.3 Å². The molecule has 0 bridgehead atoms. The van der Waals surface area contributed by atoms with E-state index >= 15 is 0 Å². The van der Waals surface area contributed by atoms with Gasteiger partial charge in [0.05, 0.1) is 5.57 Å². The third-order valence-electron chi connectivity index (χ3n) is 6.64. The van der Waals surface area contributed by atoms with Crippen molar-refractivity contribution in [3.05, 3.63) is 71.6 Å². The van der Waals surface area contributed by atoms with Crippen LogP contribution in [0.1, 0.15) is 24.6 Å². The summed E-state index contributed by atoms with van der Waals surface area (Å²) in [6.45, 7) is 5.19. The number of para-hydroxylation sites is 2. The molecule has 0 saturated heterocycles. The lowest BCUT2D eigenvalue weighted by Gasteiger charge is -2.29. The van der Waals surface area contributed by atoms with Crippen LogP contribution in [0.15, 0.2) is 60.3 Å². The largest absolute Gasteiger partial charge is 0.350 e. The quantitative estimate of drug-likeness (QED) is 0.589. The van der Waals surface area contributed by atoms with Gasteiger partial charge in [0.2, 0.25) is 0 Å². The van der Waals surface area contributed by atoms with E-state index in [2.05, 4.69) is 46.2 Å². The maximum absolute atomic E-state index is 13.0. The molecule has 1 atom stereocenters. The molecule has 2 amide bonds. The molecule has 3 aromatic rings. The van der Waals surface area contributed by atoms with E-state index in [1.54, 1.807) is 0 Å². The minimum absolute atomic E-state index is 0.327. The fraction of sp³-hybridized carbons (Fsp3) is 0.308. The number of anilines is 1. The highest BCUT2D eigenvalue weighted by atomic mass is 16.2. The molecule has 0 spiro atoms. The lowest BCUT2D eigenvalue weighted by molar-refractivity contribution is -0.123. The Kier molecular flexibility index (Phi) is 5.31. The Balaban J connectivity index is 1.64. The minimum atomic E-state index is -0.379. The van der Waals surface area contributed by atoms with Gasteiger partial charge in [-0.15, -0.1) is 0 Å². The Morgan fingerprint density at radius 3 is 2.59 bits per heavy atom. The van der Waals surface area contributed by atoms with Crippen molar-refractivity contribution in [1.29, 1.82) is 0 Å². The Bertz CT molecular complexity index is 1230. The molecule has 2 aliphatic rings. The molecule has 1 aromatic heterocycles. The van der Waals surface area contributed by atoms with Crippen LogP contribution in [0.4, 0.5) is 5.69 Å². The summed E-state index contributed by atoms with van der Waals surface area (Å²) in [4.78, 5) is 28.1. The number of hydrogen-bond donors (Lipinski definition) is 2. The van der Waals surface area contributed by atoms with E-state index in [0.717, 1.165) is 60.3 Å². The first-order valence-corrected chi connectivity index (χ1v) is 11.3. The van der Waals surface area contributed by atoms with Crippen LogP contribution >= 0.6 is 0 Å². The van der Waals surface area contributed by atoms with Crippen molar-refractivity contribution in [2.24, 2.45) is 5.92 Å². The van der Waals surface area contributed by atoms with Gasteiger partial charge in [-0.3, -0.25) is 14.9 Å². The molecule has 0 aliphatic carbocycles. The average Bonchev–Trinajstić information content (AvgIpc) is 3.27. The second-order valence-electron chi connectivity index (χ2n) is 8.73. The molecule has 164 valence electrons. The zero-order valence-electron chi connectivity index (χ0n) is 18.5. The van der Waals surface area contributed by atoms with Crippen molar-refractivity contribution in [3.63, 3.8) is 0 Å². The van der Waals surface area contributed by atoms with Crippen LogP contribution in [0, 0.1) is 5.92 Å². The lowest BCUT2D eigenvalue weighted by atomic mass is 9.93. The normalized spacial score (nSPS) is 18.4. The fourth-order valence-corrected chi connectivity index (χ4v) is 4.99. The van der Waals surface area contributed by atoms with Crippen LogP contribution in [0.5, 0.6) is 0 Å². The van der Waals surface area contributed by atoms with Gasteiger partial charge in [0, 0.05) is 40.9 Å². The molecule has 2 aliphatic heterocycles. The number of nitrogens with zero attached hydrogens (tertiary/aromatic N) is 2. The van der Waals surface area contributed by atoms with E-state index in [4.69, 9.17) is 0 Å². The van der Waals surface area contributed by atoms with Gasteiger partial charge in [-0.25, -0.2) is 0 Å². The summed E-state index contributed by atoms with van der Waals surface area (Å²) in [6.07, 6.45) is 1.95. The summed E-state index contributed by atoms with van der Waals surface area (Å²) in [5, 5.41) is 6.74. The van der Waals surface area contributed by atoms with Gasteiger partial charge in [-0.2, -0.15) is 0 Å². The summed E-state index contributed by atoms with van der Waals surface area (Å²) in [7, 11) is 2.16. The molecule has 3 heterocycles. The van der Waals surface area contributed by atoms with E-state index in [0.29, 0.717) is 17.2 Å². The number of rotatable bonds is 6. The Morgan fingerprint density at radius 2 is 1.81 bits per heavy atom. The van der Waals surface area contributed by atoms with Gasteiger partial charge in [-0.1, -0.05) is 43.3 Å². The molecule has 5 rings (SSSR count). The SMILES string of the molecule is CCN(C)C[C@@H]1CCc2c(C3=C(Nc4ccccc4)C(=O)NC3=O)c3ccccc3n2C1. The third kappa shape index (κ3) is 3.50. The van der Waals surface area contributed by atoms with Gasteiger partial charge in [0.15, 0.2) is 0 Å². The predicted octanol–water partition coefficient (Wildman–Crippen LogP) is 3.64. The summed E-state index contributed by atoms with van der Waals surface area (Å²) in [6, 6.07) is 17.7.